The van der Waals surface area contributed by atoms with E-state index >= 15 is 0 Å². The molecule has 0 unspecified atom stereocenters. The number of anilines is 1. The first-order valence-electron chi connectivity index (χ1n) is 7.02. The number of hydrogen-bond acceptors (Lipinski definition) is 3. The number of benzene rings is 1. The maximum Gasteiger partial charge on any atom is 0.254 e. The van der Waals surface area contributed by atoms with Crippen LogP contribution in [0.3, 0.4) is 0 Å². The van der Waals surface area contributed by atoms with Gasteiger partial charge in [0, 0.05) is 38.1 Å². The Morgan fingerprint density at radius 1 is 1.36 bits per heavy atom. The summed E-state index contributed by atoms with van der Waals surface area (Å²) in [5.41, 5.74) is 1.60. The number of aromatic nitrogens is 2. The summed E-state index contributed by atoms with van der Waals surface area (Å²) in [6.45, 7) is 1.62. The molecule has 0 bridgehead atoms. The SMILES string of the molecule is Cn1cc(C(=O)N[C@H]2CCN(c3ccc(Cl)c(Cl)c3)C2)cn1. The summed E-state index contributed by atoms with van der Waals surface area (Å²) in [5, 5.41) is 8.14. The molecular weight excluding hydrogens is 323 g/mol. The van der Waals surface area contributed by atoms with Crippen LogP contribution in [0.1, 0.15) is 16.8 Å². The molecule has 1 aliphatic rings. The number of aryl methyl sites for hydroxylation is 1. The Bertz CT molecular complexity index is 701. The largest absolute Gasteiger partial charge is 0.369 e. The highest BCUT2D eigenvalue weighted by atomic mass is 35.5. The summed E-state index contributed by atoms with van der Waals surface area (Å²) in [7, 11) is 1.79. The molecule has 1 aromatic heterocycles. The molecule has 0 spiro atoms. The van der Waals surface area contributed by atoms with Crippen LogP contribution >= 0.6 is 23.2 Å². The summed E-state index contributed by atoms with van der Waals surface area (Å²) < 4.78 is 1.62. The molecule has 0 saturated carbocycles. The van der Waals surface area contributed by atoms with Crippen LogP contribution in [0.4, 0.5) is 5.69 Å². The lowest BCUT2D eigenvalue weighted by Gasteiger charge is -2.19. The van der Waals surface area contributed by atoms with Crippen LogP contribution in [-0.4, -0.2) is 34.8 Å². The zero-order valence-corrected chi connectivity index (χ0v) is 13.6. The molecule has 22 heavy (non-hydrogen) atoms. The molecule has 2 aromatic rings. The van der Waals surface area contributed by atoms with E-state index < -0.39 is 0 Å². The number of nitrogens with zero attached hydrogens (tertiary/aromatic N) is 3. The van der Waals surface area contributed by atoms with Crippen molar-refractivity contribution < 1.29 is 4.79 Å². The average Bonchev–Trinajstić information content (AvgIpc) is 3.11. The van der Waals surface area contributed by atoms with Crippen molar-refractivity contribution in [3.63, 3.8) is 0 Å². The Morgan fingerprint density at radius 2 is 2.18 bits per heavy atom. The number of halogens is 2. The van der Waals surface area contributed by atoms with Gasteiger partial charge in [0.15, 0.2) is 0 Å². The number of nitrogens with one attached hydrogen (secondary N) is 1. The lowest BCUT2D eigenvalue weighted by Crippen LogP contribution is -2.37. The van der Waals surface area contributed by atoms with E-state index in [2.05, 4.69) is 15.3 Å². The van der Waals surface area contributed by atoms with Crippen LogP contribution < -0.4 is 10.2 Å². The van der Waals surface area contributed by atoms with Crippen molar-refractivity contribution in [1.29, 1.82) is 0 Å². The van der Waals surface area contributed by atoms with Crippen molar-refractivity contribution in [2.75, 3.05) is 18.0 Å². The molecule has 1 aliphatic heterocycles. The normalized spacial score (nSPS) is 17.8. The summed E-state index contributed by atoms with van der Waals surface area (Å²) in [5.74, 6) is -0.0888. The highest BCUT2D eigenvalue weighted by molar-refractivity contribution is 6.42. The molecular formula is C15H16Cl2N4O. The number of amides is 1. The first kappa shape index (κ1) is 15.2. The highest BCUT2D eigenvalue weighted by Crippen LogP contribution is 2.29. The Kier molecular flexibility index (Phi) is 4.27. The average molecular weight is 339 g/mol. The zero-order valence-electron chi connectivity index (χ0n) is 12.1. The maximum absolute atomic E-state index is 12.1. The van der Waals surface area contributed by atoms with Gasteiger partial charge in [-0.15, -0.1) is 0 Å². The summed E-state index contributed by atoms with van der Waals surface area (Å²) in [6.07, 6.45) is 4.17. The first-order valence-corrected chi connectivity index (χ1v) is 7.78. The maximum atomic E-state index is 12.1. The van der Waals surface area contributed by atoms with E-state index in [9.17, 15) is 4.79 Å². The second-order valence-corrected chi connectivity index (χ2v) is 6.22. The van der Waals surface area contributed by atoms with Gasteiger partial charge >= 0.3 is 0 Å². The molecule has 1 N–H and O–H groups in total. The van der Waals surface area contributed by atoms with E-state index in [-0.39, 0.29) is 11.9 Å². The summed E-state index contributed by atoms with van der Waals surface area (Å²) in [6, 6.07) is 5.71. The fourth-order valence-electron chi connectivity index (χ4n) is 2.60. The molecule has 7 heteroatoms. The first-order chi connectivity index (χ1) is 10.5. The van der Waals surface area contributed by atoms with Gasteiger partial charge in [0.25, 0.3) is 5.91 Å². The molecule has 116 valence electrons. The van der Waals surface area contributed by atoms with Crippen molar-refractivity contribution in [2.24, 2.45) is 7.05 Å². The van der Waals surface area contributed by atoms with E-state index in [4.69, 9.17) is 23.2 Å². The Morgan fingerprint density at radius 3 is 2.86 bits per heavy atom. The van der Waals surface area contributed by atoms with Gasteiger partial charge in [0.05, 0.1) is 21.8 Å². The third-order valence-electron chi connectivity index (χ3n) is 3.76. The van der Waals surface area contributed by atoms with E-state index in [0.717, 1.165) is 25.2 Å². The second kappa shape index (κ2) is 6.18. The molecule has 5 nitrogen and oxygen atoms in total. The van der Waals surface area contributed by atoms with Gasteiger partial charge in [0.2, 0.25) is 0 Å². The van der Waals surface area contributed by atoms with Crippen LogP contribution in [0.2, 0.25) is 10.0 Å². The minimum Gasteiger partial charge on any atom is -0.369 e. The Balaban J connectivity index is 1.62. The molecule has 1 atom stereocenters. The quantitative estimate of drug-likeness (QED) is 0.936. The van der Waals surface area contributed by atoms with Crippen molar-refractivity contribution in [2.45, 2.75) is 12.5 Å². The fraction of sp³-hybridized carbons (Fsp3) is 0.333. The minimum atomic E-state index is -0.0888. The molecule has 0 radical (unpaired) electrons. The predicted octanol–water partition coefficient (Wildman–Crippen LogP) is 2.74. The van der Waals surface area contributed by atoms with Crippen LogP contribution in [0, 0.1) is 0 Å². The number of rotatable bonds is 3. The van der Waals surface area contributed by atoms with Gasteiger partial charge in [-0.2, -0.15) is 5.10 Å². The highest BCUT2D eigenvalue weighted by Gasteiger charge is 2.25. The summed E-state index contributed by atoms with van der Waals surface area (Å²) >= 11 is 12.0. The van der Waals surface area contributed by atoms with E-state index in [1.807, 2.05) is 12.1 Å². The van der Waals surface area contributed by atoms with Gasteiger partial charge in [-0.1, -0.05) is 23.2 Å². The van der Waals surface area contributed by atoms with E-state index in [0.29, 0.717) is 15.6 Å². The van der Waals surface area contributed by atoms with Crippen LogP contribution in [0.5, 0.6) is 0 Å². The van der Waals surface area contributed by atoms with Crippen molar-refractivity contribution in [3.05, 3.63) is 46.2 Å². The molecule has 0 aliphatic carbocycles. The van der Waals surface area contributed by atoms with Gasteiger partial charge < -0.3 is 10.2 Å². The molecule has 2 heterocycles. The van der Waals surface area contributed by atoms with Gasteiger partial charge in [0.1, 0.15) is 0 Å². The predicted molar refractivity (Wildman–Crippen MR) is 87.8 cm³/mol. The zero-order chi connectivity index (χ0) is 15.7. The third-order valence-corrected chi connectivity index (χ3v) is 4.50. The molecule has 1 fully saturated rings. The standard InChI is InChI=1S/C15H16Cl2N4O/c1-20-8-10(7-18-20)15(22)19-11-4-5-21(9-11)12-2-3-13(16)14(17)6-12/h2-3,6-8,11H,4-5,9H2,1H3,(H,19,22)/t11-/m0/s1. The number of carbonyl (C=O) groups excluding carboxylic acids is 1. The summed E-state index contributed by atoms with van der Waals surface area (Å²) in [4.78, 5) is 14.3. The van der Waals surface area contributed by atoms with Crippen LogP contribution in [0.25, 0.3) is 0 Å². The Labute approximate surface area is 138 Å². The lowest BCUT2D eigenvalue weighted by atomic mass is 10.2. The molecule has 3 rings (SSSR count). The second-order valence-electron chi connectivity index (χ2n) is 5.41. The lowest BCUT2D eigenvalue weighted by molar-refractivity contribution is 0.0940. The molecule has 1 aromatic carbocycles. The molecule has 1 saturated heterocycles. The topological polar surface area (TPSA) is 50.2 Å². The minimum absolute atomic E-state index is 0.0888. The van der Waals surface area contributed by atoms with Crippen molar-refractivity contribution in [3.8, 4) is 0 Å². The van der Waals surface area contributed by atoms with E-state index in [1.54, 1.807) is 30.2 Å². The van der Waals surface area contributed by atoms with E-state index in [1.165, 1.54) is 0 Å². The van der Waals surface area contributed by atoms with Crippen LogP contribution in [0.15, 0.2) is 30.6 Å². The van der Waals surface area contributed by atoms with Gasteiger partial charge in [-0.05, 0) is 24.6 Å². The fourth-order valence-corrected chi connectivity index (χ4v) is 2.89. The monoisotopic (exact) mass is 338 g/mol. The van der Waals surface area contributed by atoms with Crippen molar-refractivity contribution >= 4 is 34.8 Å². The third kappa shape index (κ3) is 3.20. The van der Waals surface area contributed by atoms with Crippen LogP contribution in [-0.2, 0) is 7.05 Å². The number of hydrogen-bond donors (Lipinski definition) is 1. The van der Waals surface area contributed by atoms with Crippen molar-refractivity contribution in [1.82, 2.24) is 15.1 Å². The molecule has 1 amide bonds. The number of carbonyl (C=O) groups is 1. The van der Waals surface area contributed by atoms with Gasteiger partial charge in [-0.3, -0.25) is 9.48 Å². The van der Waals surface area contributed by atoms with Gasteiger partial charge in [-0.25, -0.2) is 0 Å². The Hall–Kier alpha value is -1.72. The smallest absolute Gasteiger partial charge is 0.254 e.